The van der Waals surface area contributed by atoms with Crippen LogP contribution < -0.4 is 9.64 Å². The van der Waals surface area contributed by atoms with Gasteiger partial charge in [0.2, 0.25) is 0 Å². The van der Waals surface area contributed by atoms with Crippen LogP contribution in [0.2, 0.25) is 0 Å². The molecule has 32 heavy (non-hydrogen) atoms. The fourth-order valence-corrected chi connectivity index (χ4v) is 4.50. The topological polar surface area (TPSA) is 59.1 Å². The largest absolute Gasteiger partial charge is 0.494 e. The van der Waals surface area contributed by atoms with Crippen LogP contribution in [0.4, 0.5) is 5.69 Å². The number of hydrogen-bond donors (Lipinski definition) is 0. The molecule has 2 unspecified atom stereocenters. The molecule has 2 aromatic rings. The zero-order valence-electron chi connectivity index (χ0n) is 19.3. The molecular weight excluding hydrogens is 404 g/mol. The molecule has 2 aliphatic rings. The van der Waals surface area contributed by atoms with Crippen LogP contribution in [-0.4, -0.2) is 48.6 Å². The molecule has 4 rings (SSSR count). The number of rotatable bonds is 5. The summed E-state index contributed by atoms with van der Waals surface area (Å²) in [5.41, 5.74) is 4.10. The quantitative estimate of drug-likeness (QED) is 0.664. The Morgan fingerprint density at radius 3 is 2.25 bits per heavy atom. The number of benzene rings is 2. The van der Waals surface area contributed by atoms with Crippen molar-refractivity contribution in [2.75, 3.05) is 24.6 Å². The van der Waals surface area contributed by atoms with E-state index in [1.54, 1.807) is 0 Å². The summed E-state index contributed by atoms with van der Waals surface area (Å²) in [6.07, 6.45) is -0.0732. The number of imide groups is 1. The van der Waals surface area contributed by atoms with E-state index in [2.05, 4.69) is 0 Å². The number of carbonyl (C=O) groups excluding carboxylic acids is 2. The van der Waals surface area contributed by atoms with Gasteiger partial charge in [0.25, 0.3) is 11.8 Å². The highest BCUT2D eigenvalue weighted by atomic mass is 16.5. The number of anilines is 1. The molecule has 1 saturated heterocycles. The first-order chi connectivity index (χ1) is 15.3. The first kappa shape index (κ1) is 22.1. The van der Waals surface area contributed by atoms with E-state index in [1.807, 2.05) is 82.0 Å². The molecule has 1 fully saturated rings. The number of morpholine rings is 1. The van der Waals surface area contributed by atoms with Crippen molar-refractivity contribution in [2.45, 2.75) is 46.8 Å². The summed E-state index contributed by atoms with van der Waals surface area (Å²) < 4.78 is 11.4. The second-order valence-corrected chi connectivity index (χ2v) is 8.58. The van der Waals surface area contributed by atoms with Crippen molar-refractivity contribution in [2.24, 2.45) is 0 Å². The average molecular weight is 435 g/mol. The number of hydrogen-bond acceptors (Lipinski definition) is 5. The van der Waals surface area contributed by atoms with E-state index in [9.17, 15) is 9.59 Å². The maximum absolute atomic E-state index is 13.8. The Morgan fingerprint density at radius 2 is 1.62 bits per heavy atom. The van der Waals surface area contributed by atoms with Crippen molar-refractivity contribution in [1.29, 1.82) is 0 Å². The third kappa shape index (κ3) is 4.02. The second kappa shape index (κ2) is 8.79. The first-order valence-electron chi connectivity index (χ1n) is 11.1. The summed E-state index contributed by atoms with van der Waals surface area (Å²) in [5, 5.41) is 0. The minimum atomic E-state index is -0.297. The van der Waals surface area contributed by atoms with Crippen molar-refractivity contribution >= 4 is 23.1 Å². The van der Waals surface area contributed by atoms with Gasteiger partial charge >= 0.3 is 0 Å². The monoisotopic (exact) mass is 434 g/mol. The molecule has 0 aromatic heterocycles. The van der Waals surface area contributed by atoms with Crippen LogP contribution in [0.3, 0.4) is 0 Å². The van der Waals surface area contributed by atoms with Crippen LogP contribution in [-0.2, 0) is 14.3 Å². The fraction of sp³-hybridized carbons (Fsp3) is 0.385. The smallest absolute Gasteiger partial charge is 0.282 e. The lowest BCUT2D eigenvalue weighted by Crippen LogP contribution is -2.47. The van der Waals surface area contributed by atoms with Gasteiger partial charge in [0.1, 0.15) is 11.4 Å². The summed E-state index contributed by atoms with van der Waals surface area (Å²) >= 11 is 0. The average Bonchev–Trinajstić information content (AvgIpc) is 3.00. The van der Waals surface area contributed by atoms with Gasteiger partial charge < -0.3 is 14.4 Å². The third-order valence-electron chi connectivity index (χ3n) is 5.85. The lowest BCUT2D eigenvalue weighted by atomic mass is 10.0. The van der Waals surface area contributed by atoms with Crippen LogP contribution in [0.5, 0.6) is 5.75 Å². The zero-order valence-corrected chi connectivity index (χ0v) is 19.3. The molecular formula is C26H30N2O4. The molecule has 0 radical (unpaired) electrons. The molecule has 6 nitrogen and oxygen atoms in total. The molecule has 0 saturated carbocycles. The van der Waals surface area contributed by atoms with Gasteiger partial charge in [-0.05, 0) is 69.5 Å². The molecule has 2 amide bonds. The number of nitrogens with zero attached hydrogens (tertiary/aromatic N) is 2. The van der Waals surface area contributed by atoms with Gasteiger partial charge in [-0.15, -0.1) is 0 Å². The van der Waals surface area contributed by atoms with E-state index in [-0.39, 0.29) is 24.0 Å². The van der Waals surface area contributed by atoms with E-state index >= 15 is 0 Å². The van der Waals surface area contributed by atoms with E-state index in [1.165, 1.54) is 4.90 Å². The molecule has 0 bridgehead atoms. The molecule has 2 aromatic carbocycles. The van der Waals surface area contributed by atoms with Crippen LogP contribution >= 0.6 is 0 Å². The van der Waals surface area contributed by atoms with Gasteiger partial charge in [0, 0.05) is 13.1 Å². The Kier molecular flexibility index (Phi) is 6.07. The van der Waals surface area contributed by atoms with Crippen molar-refractivity contribution in [3.8, 4) is 5.75 Å². The predicted octanol–water partition coefficient (Wildman–Crippen LogP) is 4.10. The molecule has 2 atom stereocenters. The van der Waals surface area contributed by atoms with Gasteiger partial charge in [0.15, 0.2) is 0 Å². The summed E-state index contributed by atoms with van der Waals surface area (Å²) in [6.45, 7) is 11.5. The summed E-state index contributed by atoms with van der Waals surface area (Å²) in [4.78, 5) is 30.9. The molecule has 2 heterocycles. The van der Waals surface area contributed by atoms with Crippen LogP contribution in [0.25, 0.3) is 5.57 Å². The maximum atomic E-state index is 13.8. The molecule has 0 spiro atoms. The molecule has 6 heteroatoms. The van der Waals surface area contributed by atoms with Crippen molar-refractivity contribution in [1.82, 2.24) is 4.90 Å². The van der Waals surface area contributed by atoms with Crippen LogP contribution in [0.15, 0.2) is 48.2 Å². The Bertz CT molecular complexity index is 1060. The van der Waals surface area contributed by atoms with Gasteiger partial charge in [-0.3, -0.25) is 9.59 Å². The van der Waals surface area contributed by atoms with Crippen LogP contribution in [0, 0.1) is 13.8 Å². The number of aryl methyl sites for hydroxylation is 2. The SMILES string of the molecule is CCOc1ccc(C2=C(N3CC(C)OC(C)C3)C(=O)N(c3cc(C)ccc3C)C2=O)cc1. The lowest BCUT2D eigenvalue weighted by molar-refractivity contribution is -0.121. The van der Waals surface area contributed by atoms with Crippen molar-refractivity contribution in [3.63, 3.8) is 0 Å². The normalized spacial score (nSPS) is 21.5. The summed E-state index contributed by atoms with van der Waals surface area (Å²) in [5.74, 6) is 0.152. The third-order valence-corrected chi connectivity index (χ3v) is 5.85. The lowest BCUT2D eigenvalue weighted by Gasteiger charge is -2.37. The Labute approximate surface area is 189 Å². The number of carbonyl (C=O) groups is 2. The first-order valence-corrected chi connectivity index (χ1v) is 11.1. The molecule has 168 valence electrons. The van der Waals surface area contributed by atoms with Crippen molar-refractivity contribution in [3.05, 3.63) is 64.9 Å². The minimum absolute atomic E-state index is 0.0366. The molecule has 0 N–H and O–H groups in total. The number of amides is 2. The maximum Gasteiger partial charge on any atom is 0.282 e. The Morgan fingerprint density at radius 1 is 0.969 bits per heavy atom. The fourth-order valence-electron chi connectivity index (χ4n) is 4.50. The standard InChI is InChI=1S/C26H30N2O4/c1-6-31-21-11-9-20(10-12-21)23-24(27-14-18(4)32-19(5)15-27)26(30)28(25(23)29)22-13-16(2)7-8-17(22)3/h7-13,18-19H,6,14-15H2,1-5H3. The van der Waals surface area contributed by atoms with Gasteiger partial charge in [-0.2, -0.15) is 0 Å². The number of ether oxygens (including phenoxy) is 2. The highest BCUT2D eigenvalue weighted by Gasteiger charge is 2.44. The predicted molar refractivity (Wildman–Crippen MR) is 125 cm³/mol. The van der Waals surface area contributed by atoms with E-state index in [0.717, 1.165) is 16.9 Å². The zero-order chi connectivity index (χ0) is 23.0. The van der Waals surface area contributed by atoms with E-state index in [0.29, 0.717) is 42.2 Å². The summed E-state index contributed by atoms with van der Waals surface area (Å²) in [6, 6.07) is 13.2. The second-order valence-electron chi connectivity index (χ2n) is 8.58. The van der Waals surface area contributed by atoms with Gasteiger partial charge in [0.05, 0.1) is 30.1 Å². The van der Waals surface area contributed by atoms with E-state index < -0.39 is 0 Å². The van der Waals surface area contributed by atoms with Crippen LogP contribution in [0.1, 0.15) is 37.5 Å². The van der Waals surface area contributed by atoms with E-state index in [4.69, 9.17) is 9.47 Å². The molecule has 2 aliphatic heterocycles. The Balaban J connectivity index is 1.83. The summed E-state index contributed by atoms with van der Waals surface area (Å²) in [7, 11) is 0. The Hall–Kier alpha value is -3.12. The minimum Gasteiger partial charge on any atom is -0.494 e. The highest BCUT2D eigenvalue weighted by Crippen LogP contribution is 2.37. The highest BCUT2D eigenvalue weighted by molar-refractivity contribution is 6.45. The van der Waals surface area contributed by atoms with Gasteiger partial charge in [-0.1, -0.05) is 24.3 Å². The van der Waals surface area contributed by atoms with Crippen molar-refractivity contribution < 1.29 is 19.1 Å². The molecule has 0 aliphatic carbocycles. The van der Waals surface area contributed by atoms with Gasteiger partial charge in [-0.25, -0.2) is 4.90 Å².